The van der Waals surface area contributed by atoms with E-state index in [-0.39, 0.29) is 18.9 Å². The third kappa shape index (κ3) is 4.43. The number of benzene rings is 2. The van der Waals surface area contributed by atoms with Gasteiger partial charge in [-0.1, -0.05) is 6.07 Å². The maximum Gasteiger partial charge on any atom is 0.416 e. The summed E-state index contributed by atoms with van der Waals surface area (Å²) in [7, 11) is 0. The lowest BCUT2D eigenvalue weighted by Crippen LogP contribution is -2.29. The molecule has 1 amide bonds. The molecule has 0 aromatic heterocycles. The van der Waals surface area contributed by atoms with Crippen molar-refractivity contribution >= 4 is 5.91 Å². The van der Waals surface area contributed by atoms with Crippen LogP contribution < -0.4 is 10.1 Å². The smallest absolute Gasteiger partial charge is 0.416 e. The molecule has 0 heterocycles. The number of alkyl halides is 3. The van der Waals surface area contributed by atoms with Gasteiger partial charge in [-0.15, -0.1) is 0 Å². The van der Waals surface area contributed by atoms with E-state index in [1.165, 1.54) is 6.07 Å². The second-order valence-electron chi connectivity index (χ2n) is 4.73. The van der Waals surface area contributed by atoms with Gasteiger partial charge in [0, 0.05) is 0 Å². The zero-order valence-electron chi connectivity index (χ0n) is 12.2. The van der Waals surface area contributed by atoms with Crippen LogP contribution in [0.25, 0.3) is 0 Å². The molecular weight excluding hydrogens is 333 g/mol. The lowest BCUT2D eigenvalue weighted by molar-refractivity contribution is -0.137. The number of ether oxygens (including phenoxy) is 1. The summed E-state index contributed by atoms with van der Waals surface area (Å²) in [6.07, 6.45) is -4.43. The minimum atomic E-state index is -4.43. The van der Waals surface area contributed by atoms with E-state index in [2.05, 4.69) is 5.32 Å². The van der Waals surface area contributed by atoms with Gasteiger partial charge in [-0.25, -0.2) is 8.78 Å². The molecule has 3 nitrogen and oxygen atoms in total. The summed E-state index contributed by atoms with van der Waals surface area (Å²) in [4.78, 5) is 11.7. The fraction of sp³-hybridized carbons (Fsp3) is 0.188. The Balaban J connectivity index is 1.82. The van der Waals surface area contributed by atoms with Gasteiger partial charge in [-0.2, -0.15) is 13.2 Å². The molecule has 0 saturated heterocycles. The summed E-state index contributed by atoms with van der Waals surface area (Å²) in [5.74, 6) is -3.01. The fourth-order valence-corrected chi connectivity index (χ4v) is 1.85. The van der Waals surface area contributed by atoms with Crippen LogP contribution in [0, 0.1) is 11.6 Å². The van der Waals surface area contributed by atoms with Crippen LogP contribution >= 0.6 is 0 Å². The monoisotopic (exact) mass is 345 g/mol. The molecule has 2 rings (SSSR count). The van der Waals surface area contributed by atoms with E-state index < -0.39 is 34.8 Å². The van der Waals surface area contributed by atoms with Crippen molar-refractivity contribution in [2.45, 2.75) is 6.18 Å². The predicted molar refractivity (Wildman–Crippen MR) is 75.6 cm³/mol. The first kappa shape index (κ1) is 17.7. The van der Waals surface area contributed by atoms with Crippen molar-refractivity contribution in [1.29, 1.82) is 0 Å². The number of rotatable bonds is 5. The first-order valence-electron chi connectivity index (χ1n) is 6.81. The topological polar surface area (TPSA) is 38.3 Å². The highest BCUT2D eigenvalue weighted by atomic mass is 19.4. The van der Waals surface area contributed by atoms with Gasteiger partial charge in [-0.05, 0) is 36.4 Å². The van der Waals surface area contributed by atoms with Crippen molar-refractivity contribution in [2.75, 3.05) is 13.2 Å². The van der Waals surface area contributed by atoms with Gasteiger partial charge in [0.2, 0.25) is 0 Å². The molecule has 1 N–H and O–H groups in total. The van der Waals surface area contributed by atoms with Crippen molar-refractivity contribution in [1.82, 2.24) is 5.32 Å². The molecule has 0 fully saturated rings. The average Bonchev–Trinajstić information content (AvgIpc) is 2.53. The summed E-state index contributed by atoms with van der Waals surface area (Å²) in [5, 5.41) is 2.32. The molecule has 0 aliphatic heterocycles. The van der Waals surface area contributed by atoms with Crippen LogP contribution in [0.5, 0.6) is 5.75 Å². The van der Waals surface area contributed by atoms with E-state index in [1.807, 2.05) is 0 Å². The van der Waals surface area contributed by atoms with Crippen molar-refractivity contribution in [3.63, 3.8) is 0 Å². The van der Waals surface area contributed by atoms with E-state index >= 15 is 0 Å². The van der Waals surface area contributed by atoms with Crippen LogP contribution in [0.4, 0.5) is 22.0 Å². The highest BCUT2D eigenvalue weighted by Crippen LogP contribution is 2.30. The van der Waals surface area contributed by atoms with E-state index in [4.69, 9.17) is 4.74 Å². The van der Waals surface area contributed by atoms with Gasteiger partial charge >= 0.3 is 6.18 Å². The molecule has 2 aromatic carbocycles. The number of nitrogens with one attached hydrogen (secondary N) is 1. The Morgan fingerprint density at radius 3 is 2.33 bits per heavy atom. The molecule has 24 heavy (non-hydrogen) atoms. The summed E-state index contributed by atoms with van der Waals surface area (Å²) < 4.78 is 68.7. The molecule has 2 aromatic rings. The molecule has 0 radical (unpaired) electrons. The second-order valence-corrected chi connectivity index (χ2v) is 4.73. The van der Waals surface area contributed by atoms with Crippen LogP contribution in [-0.2, 0) is 6.18 Å². The maximum absolute atomic E-state index is 13.4. The van der Waals surface area contributed by atoms with Crippen molar-refractivity contribution < 1.29 is 31.5 Å². The zero-order chi connectivity index (χ0) is 17.7. The Labute approximate surface area is 134 Å². The van der Waals surface area contributed by atoms with Gasteiger partial charge in [0.1, 0.15) is 12.4 Å². The van der Waals surface area contributed by atoms with Crippen molar-refractivity contribution in [3.8, 4) is 5.75 Å². The molecule has 0 aliphatic rings. The number of halogens is 5. The van der Waals surface area contributed by atoms with Crippen molar-refractivity contribution in [2.24, 2.45) is 0 Å². The predicted octanol–water partition coefficient (Wildman–Crippen LogP) is 3.79. The zero-order valence-corrected chi connectivity index (χ0v) is 12.2. The molecule has 128 valence electrons. The molecule has 8 heteroatoms. The largest absolute Gasteiger partial charge is 0.492 e. The Kier molecular flexibility index (Phi) is 5.38. The van der Waals surface area contributed by atoms with Crippen LogP contribution in [0.2, 0.25) is 0 Å². The summed E-state index contributed by atoms with van der Waals surface area (Å²) in [6.45, 7) is -0.0795. The average molecular weight is 345 g/mol. The number of hydrogen-bond donors (Lipinski definition) is 1. The molecule has 0 spiro atoms. The number of hydrogen-bond acceptors (Lipinski definition) is 2. The second kappa shape index (κ2) is 7.29. The van der Waals surface area contributed by atoms with E-state index in [0.717, 1.165) is 36.4 Å². The molecule has 0 unspecified atom stereocenters. The normalized spacial score (nSPS) is 11.2. The van der Waals surface area contributed by atoms with Gasteiger partial charge in [-0.3, -0.25) is 4.79 Å². The van der Waals surface area contributed by atoms with Crippen molar-refractivity contribution in [3.05, 3.63) is 65.2 Å². The van der Waals surface area contributed by atoms with Gasteiger partial charge in [0.05, 0.1) is 17.7 Å². The maximum atomic E-state index is 13.4. The van der Waals surface area contributed by atoms with E-state index in [9.17, 15) is 26.7 Å². The summed E-state index contributed by atoms with van der Waals surface area (Å²) in [6, 6.07) is 7.26. The quantitative estimate of drug-likeness (QED) is 0.661. The Morgan fingerprint density at radius 1 is 1.04 bits per heavy atom. The Hall–Kier alpha value is -2.64. The minimum absolute atomic E-state index is 0.0319. The summed E-state index contributed by atoms with van der Waals surface area (Å²) >= 11 is 0. The standard InChI is InChI=1S/C16H12F5NO2/c17-13-3-1-2-12(14(13)18)15(23)22-8-9-24-11-6-4-10(5-7-11)16(19,20)21/h1-7H,8-9H2,(H,22,23). The number of carbonyl (C=O) groups is 1. The fourth-order valence-electron chi connectivity index (χ4n) is 1.85. The molecule has 0 aliphatic carbocycles. The lowest BCUT2D eigenvalue weighted by atomic mass is 10.2. The molecular formula is C16H12F5NO2. The first-order valence-corrected chi connectivity index (χ1v) is 6.81. The van der Waals surface area contributed by atoms with Crippen LogP contribution in [0.15, 0.2) is 42.5 Å². The third-order valence-electron chi connectivity index (χ3n) is 3.03. The molecule has 0 saturated carbocycles. The lowest BCUT2D eigenvalue weighted by Gasteiger charge is -2.10. The van der Waals surface area contributed by atoms with Crippen LogP contribution in [0.1, 0.15) is 15.9 Å². The SMILES string of the molecule is O=C(NCCOc1ccc(C(F)(F)F)cc1)c1cccc(F)c1F. The highest BCUT2D eigenvalue weighted by molar-refractivity contribution is 5.94. The van der Waals surface area contributed by atoms with Crippen LogP contribution in [0.3, 0.4) is 0 Å². The van der Waals surface area contributed by atoms with Gasteiger partial charge in [0.25, 0.3) is 5.91 Å². The van der Waals surface area contributed by atoms with E-state index in [1.54, 1.807) is 0 Å². The summed E-state index contributed by atoms with van der Waals surface area (Å²) in [5.41, 5.74) is -1.24. The number of carbonyl (C=O) groups excluding carboxylic acids is 1. The molecule has 0 atom stereocenters. The van der Waals surface area contributed by atoms with Gasteiger partial charge in [0.15, 0.2) is 11.6 Å². The van der Waals surface area contributed by atoms with Gasteiger partial charge < -0.3 is 10.1 Å². The van der Waals surface area contributed by atoms with Crippen LogP contribution in [-0.4, -0.2) is 19.1 Å². The highest BCUT2D eigenvalue weighted by Gasteiger charge is 2.30. The number of amides is 1. The Morgan fingerprint density at radius 2 is 1.71 bits per heavy atom. The third-order valence-corrected chi connectivity index (χ3v) is 3.03. The van der Waals surface area contributed by atoms with E-state index in [0.29, 0.717) is 0 Å². The minimum Gasteiger partial charge on any atom is -0.492 e. The Bertz CT molecular complexity index is 713. The molecule has 0 bridgehead atoms. The first-order chi connectivity index (χ1) is 11.3.